The van der Waals surface area contributed by atoms with Gasteiger partial charge in [-0.1, -0.05) is 17.3 Å². The molecule has 106 valence electrons. The van der Waals surface area contributed by atoms with E-state index in [0.29, 0.717) is 17.4 Å². The first-order valence-electron chi connectivity index (χ1n) is 6.52. The van der Waals surface area contributed by atoms with Gasteiger partial charge in [-0.3, -0.25) is 0 Å². The molecule has 0 atom stereocenters. The van der Waals surface area contributed by atoms with E-state index >= 15 is 0 Å². The molecule has 0 radical (unpaired) electrons. The van der Waals surface area contributed by atoms with Gasteiger partial charge in [-0.2, -0.15) is 4.98 Å². The van der Waals surface area contributed by atoms with E-state index in [1.165, 1.54) is 4.90 Å². The smallest absolute Gasteiger partial charge is 0.260 e. The highest BCUT2D eigenvalue weighted by molar-refractivity contribution is 7.98. The second kappa shape index (κ2) is 5.61. The monoisotopic (exact) mass is 297 g/mol. The minimum Gasteiger partial charge on any atom is -0.398 e. The first kappa shape index (κ1) is 13.7. The number of thioether (sulfide) groups is 1. The molecular weight excluding hydrogens is 282 g/mol. The van der Waals surface area contributed by atoms with Crippen molar-refractivity contribution in [2.24, 2.45) is 0 Å². The fourth-order valence-corrected chi connectivity index (χ4v) is 2.57. The Hall–Kier alpha value is -2.27. The maximum Gasteiger partial charge on any atom is 0.260 e. The molecule has 0 aliphatic heterocycles. The molecule has 3 rings (SSSR count). The number of anilines is 1. The lowest BCUT2D eigenvalue weighted by Gasteiger charge is -2.03. The van der Waals surface area contributed by atoms with Crippen LogP contribution in [0.3, 0.4) is 0 Å². The molecule has 0 aliphatic rings. The molecule has 0 amide bonds. The lowest BCUT2D eigenvalue weighted by Crippen LogP contribution is -1.92. The summed E-state index contributed by atoms with van der Waals surface area (Å²) in [5, 5.41) is 4.05. The lowest BCUT2D eigenvalue weighted by molar-refractivity contribution is 0.432. The summed E-state index contributed by atoms with van der Waals surface area (Å²) in [6.45, 7) is 1.98. The van der Waals surface area contributed by atoms with Crippen molar-refractivity contribution in [1.82, 2.24) is 10.1 Å². The van der Waals surface area contributed by atoms with Gasteiger partial charge in [0.2, 0.25) is 5.82 Å². The van der Waals surface area contributed by atoms with E-state index in [1.54, 1.807) is 11.8 Å². The molecule has 21 heavy (non-hydrogen) atoms. The SMILES string of the molecule is CSc1ccc(-c2noc(-c3c(C)cccc3N)n2)cc1. The number of benzene rings is 2. The standard InChI is InChI=1S/C16H15N3OS/c1-10-4-3-5-13(17)14(10)16-18-15(19-20-16)11-6-8-12(21-2)9-7-11/h3-9H,17H2,1-2H3. The molecule has 2 N–H and O–H groups in total. The first-order chi connectivity index (χ1) is 10.2. The summed E-state index contributed by atoms with van der Waals surface area (Å²) in [6.07, 6.45) is 2.04. The van der Waals surface area contributed by atoms with Gasteiger partial charge in [-0.05, 0) is 49.1 Å². The average Bonchev–Trinajstić information content (AvgIpc) is 2.97. The average molecular weight is 297 g/mol. The zero-order valence-corrected chi connectivity index (χ0v) is 12.6. The second-order valence-electron chi connectivity index (χ2n) is 4.69. The molecule has 5 heteroatoms. The summed E-state index contributed by atoms with van der Waals surface area (Å²) in [6, 6.07) is 13.8. The van der Waals surface area contributed by atoms with Crippen molar-refractivity contribution >= 4 is 17.4 Å². The van der Waals surface area contributed by atoms with Gasteiger partial charge >= 0.3 is 0 Å². The minimum atomic E-state index is 0.453. The molecule has 0 bridgehead atoms. The molecule has 0 spiro atoms. The van der Waals surface area contributed by atoms with Crippen LogP contribution < -0.4 is 5.73 Å². The van der Waals surface area contributed by atoms with Crippen molar-refractivity contribution < 1.29 is 4.52 Å². The van der Waals surface area contributed by atoms with Crippen LogP contribution in [-0.2, 0) is 0 Å². The second-order valence-corrected chi connectivity index (χ2v) is 5.57. The molecule has 1 aromatic heterocycles. The van der Waals surface area contributed by atoms with Gasteiger partial charge in [0.15, 0.2) is 0 Å². The summed E-state index contributed by atoms with van der Waals surface area (Å²) >= 11 is 1.70. The molecule has 3 aromatic rings. The quantitative estimate of drug-likeness (QED) is 0.584. The molecule has 4 nitrogen and oxygen atoms in total. The van der Waals surface area contributed by atoms with Crippen LogP contribution in [0.4, 0.5) is 5.69 Å². The number of hydrogen-bond acceptors (Lipinski definition) is 5. The Kier molecular flexibility index (Phi) is 3.66. The predicted molar refractivity (Wildman–Crippen MR) is 86.1 cm³/mol. The zero-order chi connectivity index (χ0) is 14.8. The van der Waals surface area contributed by atoms with Crippen molar-refractivity contribution in [3.05, 3.63) is 48.0 Å². The van der Waals surface area contributed by atoms with Crippen molar-refractivity contribution in [2.75, 3.05) is 12.0 Å². The minimum absolute atomic E-state index is 0.453. The van der Waals surface area contributed by atoms with E-state index in [9.17, 15) is 0 Å². The number of aryl methyl sites for hydroxylation is 1. The Morgan fingerprint density at radius 1 is 1.10 bits per heavy atom. The Labute approximate surface area is 127 Å². The van der Waals surface area contributed by atoms with Gasteiger partial charge < -0.3 is 10.3 Å². The normalized spacial score (nSPS) is 10.8. The Bertz CT molecular complexity index is 745. The van der Waals surface area contributed by atoms with E-state index in [2.05, 4.69) is 10.1 Å². The number of rotatable bonds is 3. The molecule has 0 fully saturated rings. The topological polar surface area (TPSA) is 64.9 Å². The highest BCUT2D eigenvalue weighted by Crippen LogP contribution is 2.30. The molecule has 0 unspecified atom stereocenters. The molecule has 2 aromatic carbocycles. The van der Waals surface area contributed by atoms with E-state index in [1.807, 2.05) is 55.6 Å². The van der Waals surface area contributed by atoms with Crippen LogP contribution >= 0.6 is 11.8 Å². The van der Waals surface area contributed by atoms with Crippen molar-refractivity contribution in [3.63, 3.8) is 0 Å². The van der Waals surface area contributed by atoms with Gasteiger partial charge in [-0.15, -0.1) is 11.8 Å². The van der Waals surface area contributed by atoms with Crippen LogP contribution in [0.25, 0.3) is 22.8 Å². The fraction of sp³-hybridized carbons (Fsp3) is 0.125. The third-order valence-corrected chi connectivity index (χ3v) is 4.04. The van der Waals surface area contributed by atoms with E-state index in [-0.39, 0.29) is 0 Å². The molecule has 0 saturated carbocycles. The number of hydrogen-bond donors (Lipinski definition) is 1. The highest BCUT2D eigenvalue weighted by Gasteiger charge is 2.14. The molecule has 1 heterocycles. The van der Waals surface area contributed by atoms with Crippen LogP contribution in [0.1, 0.15) is 5.56 Å². The van der Waals surface area contributed by atoms with Crippen molar-refractivity contribution in [2.45, 2.75) is 11.8 Å². The van der Waals surface area contributed by atoms with E-state index < -0.39 is 0 Å². The third kappa shape index (κ3) is 2.64. The van der Waals surface area contributed by atoms with Crippen LogP contribution in [0, 0.1) is 6.92 Å². The van der Waals surface area contributed by atoms with Gasteiger partial charge in [0, 0.05) is 16.1 Å². The number of nitrogens with two attached hydrogens (primary N) is 1. The highest BCUT2D eigenvalue weighted by atomic mass is 32.2. The predicted octanol–water partition coefficient (Wildman–Crippen LogP) is 4.02. The first-order valence-corrected chi connectivity index (χ1v) is 7.75. The molecule has 0 aliphatic carbocycles. The Balaban J connectivity index is 1.99. The summed E-state index contributed by atoms with van der Waals surface area (Å²) in [5.74, 6) is 1.02. The maximum absolute atomic E-state index is 6.01. The van der Waals surface area contributed by atoms with E-state index in [0.717, 1.165) is 16.7 Å². The van der Waals surface area contributed by atoms with Crippen LogP contribution in [0.5, 0.6) is 0 Å². The van der Waals surface area contributed by atoms with Crippen LogP contribution in [-0.4, -0.2) is 16.4 Å². The van der Waals surface area contributed by atoms with E-state index in [4.69, 9.17) is 10.3 Å². The summed E-state index contributed by atoms with van der Waals surface area (Å²) in [5.41, 5.74) is 9.40. The van der Waals surface area contributed by atoms with Gasteiger partial charge in [0.1, 0.15) is 0 Å². The summed E-state index contributed by atoms with van der Waals surface area (Å²) < 4.78 is 5.38. The maximum atomic E-state index is 6.01. The number of aromatic nitrogens is 2. The van der Waals surface area contributed by atoms with Gasteiger partial charge in [0.05, 0.1) is 5.56 Å². The fourth-order valence-electron chi connectivity index (χ4n) is 2.16. The third-order valence-electron chi connectivity index (χ3n) is 3.29. The summed E-state index contributed by atoms with van der Waals surface area (Å²) in [7, 11) is 0. The van der Waals surface area contributed by atoms with Crippen molar-refractivity contribution in [3.8, 4) is 22.8 Å². The Morgan fingerprint density at radius 2 is 1.86 bits per heavy atom. The van der Waals surface area contributed by atoms with Crippen LogP contribution in [0.2, 0.25) is 0 Å². The molecular formula is C16H15N3OS. The van der Waals surface area contributed by atoms with Crippen LogP contribution in [0.15, 0.2) is 51.9 Å². The molecule has 0 saturated heterocycles. The number of nitrogens with zero attached hydrogens (tertiary/aromatic N) is 2. The Morgan fingerprint density at radius 3 is 2.52 bits per heavy atom. The zero-order valence-electron chi connectivity index (χ0n) is 11.8. The summed E-state index contributed by atoms with van der Waals surface area (Å²) in [4.78, 5) is 5.66. The lowest BCUT2D eigenvalue weighted by atomic mass is 10.1. The van der Waals surface area contributed by atoms with Crippen molar-refractivity contribution in [1.29, 1.82) is 0 Å². The van der Waals surface area contributed by atoms with Gasteiger partial charge in [0.25, 0.3) is 5.89 Å². The number of nitrogen functional groups attached to an aromatic ring is 1. The largest absolute Gasteiger partial charge is 0.398 e. The van der Waals surface area contributed by atoms with Gasteiger partial charge in [-0.25, -0.2) is 0 Å².